The van der Waals surface area contributed by atoms with E-state index >= 15 is 0 Å². The van der Waals surface area contributed by atoms with Crippen LogP contribution >= 0.6 is 0 Å². The minimum Gasteiger partial charge on any atom is -0.477 e. The van der Waals surface area contributed by atoms with Gasteiger partial charge in [-0.15, -0.1) is 5.10 Å². The van der Waals surface area contributed by atoms with Crippen LogP contribution in [0.4, 0.5) is 0 Å². The lowest BCUT2D eigenvalue weighted by atomic mass is 10.0. The Kier molecular flexibility index (Phi) is 6.11. The van der Waals surface area contributed by atoms with Gasteiger partial charge in [-0.3, -0.25) is 0 Å². The molecule has 0 bridgehead atoms. The van der Waals surface area contributed by atoms with Crippen LogP contribution < -0.4 is 4.74 Å². The van der Waals surface area contributed by atoms with E-state index in [2.05, 4.69) is 24.0 Å². The molecule has 0 radical (unpaired) electrons. The number of rotatable bonds is 8. The molecule has 18 heavy (non-hydrogen) atoms. The standard InChI is InChI=1S/C13H20N2O3/c1-3-5-6-10(4-2)9-18-12-11(13(16)17)7-8-14-15-12/h7-8,10H,3-6,9H2,1-2H3,(H,16,17). The molecule has 0 fully saturated rings. The first-order valence-electron chi connectivity index (χ1n) is 6.36. The first-order valence-corrected chi connectivity index (χ1v) is 6.36. The number of aromatic nitrogens is 2. The average Bonchev–Trinajstić information content (AvgIpc) is 2.39. The predicted octanol–water partition coefficient (Wildman–Crippen LogP) is 2.77. The Labute approximate surface area is 107 Å². The molecule has 0 aliphatic heterocycles. The highest BCUT2D eigenvalue weighted by atomic mass is 16.5. The summed E-state index contributed by atoms with van der Waals surface area (Å²) in [5.74, 6) is -0.491. The summed E-state index contributed by atoms with van der Waals surface area (Å²) in [5, 5.41) is 16.4. The summed E-state index contributed by atoms with van der Waals surface area (Å²) in [6, 6.07) is 1.40. The SMILES string of the molecule is CCCCC(CC)COc1nnccc1C(=O)O. The fourth-order valence-corrected chi connectivity index (χ4v) is 1.68. The zero-order valence-corrected chi connectivity index (χ0v) is 10.9. The van der Waals surface area contributed by atoms with Gasteiger partial charge < -0.3 is 9.84 Å². The number of carbonyl (C=O) groups is 1. The van der Waals surface area contributed by atoms with Gasteiger partial charge in [-0.1, -0.05) is 33.1 Å². The monoisotopic (exact) mass is 252 g/mol. The minimum atomic E-state index is -1.04. The Bertz CT molecular complexity index is 382. The third-order valence-electron chi connectivity index (χ3n) is 2.92. The van der Waals surface area contributed by atoms with Crippen LogP contribution in [0.15, 0.2) is 12.3 Å². The van der Waals surface area contributed by atoms with Gasteiger partial charge in [-0.05, 0) is 18.4 Å². The molecule has 1 rings (SSSR count). The molecule has 0 saturated heterocycles. The van der Waals surface area contributed by atoms with Crippen molar-refractivity contribution in [2.75, 3.05) is 6.61 Å². The first-order chi connectivity index (χ1) is 8.69. The van der Waals surface area contributed by atoms with E-state index in [-0.39, 0.29) is 11.4 Å². The van der Waals surface area contributed by atoms with Crippen molar-refractivity contribution in [1.82, 2.24) is 10.2 Å². The summed E-state index contributed by atoms with van der Waals surface area (Å²) < 4.78 is 5.49. The summed E-state index contributed by atoms with van der Waals surface area (Å²) >= 11 is 0. The Morgan fingerprint density at radius 2 is 2.28 bits per heavy atom. The summed E-state index contributed by atoms with van der Waals surface area (Å²) in [6.45, 7) is 4.76. The van der Waals surface area contributed by atoms with Crippen molar-refractivity contribution in [3.05, 3.63) is 17.8 Å². The van der Waals surface area contributed by atoms with Crippen molar-refractivity contribution in [2.45, 2.75) is 39.5 Å². The van der Waals surface area contributed by atoms with Gasteiger partial charge in [0, 0.05) is 0 Å². The van der Waals surface area contributed by atoms with Crippen LogP contribution in [-0.4, -0.2) is 27.9 Å². The maximum atomic E-state index is 11.0. The first kappa shape index (κ1) is 14.4. The normalized spacial score (nSPS) is 12.1. The second kappa shape index (κ2) is 7.63. The summed E-state index contributed by atoms with van der Waals surface area (Å²) in [4.78, 5) is 11.0. The maximum Gasteiger partial charge on any atom is 0.341 e. The molecule has 5 heteroatoms. The zero-order chi connectivity index (χ0) is 13.4. The maximum absolute atomic E-state index is 11.0. The molecule has 100 valence electrons. The number of ether oxygens (including phenoxy) is 1. The van der Waals surface area contributed by atoms with E-state index in [0.717, 1.165) is 25.7 Å². The van der Waals surface area contributed by atoms with E-state index in [0.29, 0.717) is 12.5 Å². The molecule has 1 aromatic rings. The third kappa shape index (κ3) is 4.31. The Morgan fingerprint density at radius 1 is 1.50 bits per heavy atom. The van der Waals surface area contributed by atoms with E-state index in [4.69, 9.17) is 9.84 Å². The van der Waals surface area contributed by atoms with Gasteiger partial charge >= 0.3 is 5.97 Å². The van der Waals surface area contributed by atoms with E-state index in [9.17, 15) is 4.79 Å². The van der Waals surface area contributed by atoms with E-state index < -0.39 is 5.97 Å². The smallest absolute Gasteiger partial charge is 0.341 e. The van der Waals surface area contributed by atoms with Gasteiger partial charge in [0.2, 0.25) is 5.88 Å². The van der Waals surface area contributed by atoms with Crippen LogP contribution in [0, 0.1) is 5.92 Å². The van der Waals surface area contributed by atoms with Crippen LogP contribution in [0.25, 0.3) is 0 Å². The van der Waals surface area contributed by atoms with Gasteiger partial charge in [0.25, 0.3) is 0 Å². The molecule has 1 unspecified atom stereocenters. The van der Waals surface area contributed by atoms with Crippen molar-refractivity contribution in [3.8, 4) is 5.88 Å². The molecule has 1 heterocycles. The van der Waals surface area contributed by atoms with Crippen LogP contribution in [0.3, 0.4) is 0 Å². The highest BCUT2D eigenvalue weighted by Gasteiger charge is 2.14. The zero-order valence-electron chi connectivity index (χ0n) is 10.9. The highest BCUT2D eigenvalue weighted by Crippen LogP contribution is 2.17. The van der Waals surface area contributed by atoms with Crippen molar-refractivity contribution < 1.29 is 14.6 Å². The molecule has 0 aliphatic carbocycles. The van der Waals surface area contributed by atoms with Crippen molar-refractivity contribution in [2.24, 2.45) is 5.92 Å². The number of nitrogens with zero attached hydrogens (tertiary/aromatic N) is 2. The molecular weight excluding hydrogens is 232 g/mol. The summed E-state index contributed by atoms with van der Waals surface area (Å²) in [5.41, 5.74) is 0.0651. The molecule has 0 amide bonds. The topological polar surface area (TPSA) is 72.3 Å². The number of carboxylic acids is 1. The second-order valence-corrected chi connectivity index (χ2v) is 4.28. The molecule has 1 atom stereocenters. The number of hydrogen-bond acceptors (Lipinski definition) is 4. The van der Waals surface area contributed by atoms with Crippen molar-refractivity contribution in [1.29, 1.82) is 0 Å². The molecule has 0 aliphatic rings. The minimum absolute atomic E-state index is 0.0651. The molecule has 1 N–H and O–H groups in total. The molecule has 5 nitrogen and oxygen atoms in total. The lowest BCUT2D eigenvalue weighted by Gasteiger charge is -2.15. The molecule has 0 spiro atoms. The number of hydrogen-bond donors (Lipinski definition) is 1. The predicted molar refractivity (Wildman–Crippen MR) is 67.8 cm³/mol. The van der Waals surface area contributed by atoms with Crippen molar-refractivity contribution in [3.63, 3.8) is 0 Å². The van der Waals surface area contributed by atoms with E-state index in [1.807, 2.05) is 0 Å². The Hall–Kier alpha value is -1.65. The van der Waals surface area contributed by atoms with Crippen LogP contribution in [0.5, 0.6) is 5.88 Å². The number of unbranched alkanes of at least 4 members (excludes halogenated alkanes) is 1. The molecule has 1 aromatic heterocycles. The van der Waals surface area contributed by atoms with Gasteiger partial charge in [0.15, 0.2) is 0 Å². The third-order valence-corrected chi connectivity index (χ3v) is 2.92. The lowest BCUT2D eigenvalue weighted by molar-refractivity contribution is 0.0689. The Morgan fingerprint density at radius 3 is 2.89 bits per heavy atom. The second-order valence-electron chi connectivity index (χ2n) is 4.28. The van der Waals surface area contributed by atoms with Crippen molar-refractivity contribution >= 4 is 5.97 Å². The van der Waals surface area contributed by atoms with E-state index in [1.54, 1.807) is 0 Å². The van der Waals surface area contributed by atoms with Crippen LogP contribution in [0.1, 0.15) is 49.9 Å². The number of aromatic carboxylic acids is 1. The van der Waals surface area contributed by atoms with Gasteiger partial charge in [0.05, 0.1) is 12.8 Å². The average molecular weight is 252 g/mol. The molecule has 0 saturated carbocycles. The summed E-state index contributed by atoms with van der Waals surface area (Å²) in [6.07, 6.45) is 5.78. The van der Waals surface area contributed by atoms with Crippen LogP contribution in [0.2, 0.25) is 0 Å². The quantitative estimate of drug-likeness (QED) is 0.770. The van der Waals surface area contributed by atoms with E-state index in [1.165, 1.54) is 12.3 Å². The lowest BCUT2D eigenvalue weighted by Crippen LogP contribution is -2.14. The van der Waals surface area contributed by atoms with Gasteiger partial charge in [-0.25, -0.2) is 4.79 Å². The van der Waals surface area contributed by atoms with Gasteiger partial charge in [-0.2, -0.15) is 5.10 Å². The molecular formula is C13H20N2O3. The van der Waals surface area contributed by atoms with Gasteiger partial charge in [0.1, 0.15) is 5.56 Å². The molecule has 0 aromatic carbocycles. The Balaban J connectivity index is 2.59. The number of carboxylic acid groups (broad SMARTS) is 1. The fraction of sp³-hybridized carbons (Fsp3) is 0.615. The fourth-order valence-electron chi connectivity index (χ4n) is 1.68. The summed E-state index contributed by atoms with van der Waals surface area (Å²) in [7, 11) is 0. The highest BCUT2D eigenvalue weighted by molar-refractivity contribution is 5.89. The van der Waals surface area contributed by atoms with Crippen LogP contribution in [-0.2, 0) is 0 Å². The largest absolute Gasteiger partial charge is 0.477 e.